The fourth-order valence-electron chi connectivity index (χ4n) is 1.21. The highest BCUT2D eigenvalue weighted by Crippen LogP contribution is 2.00. The van der Waals surface area contributed by atoms with E-state index in [1.807, 2.05) is 0 Å². The van der Waals surface area contributed by atoms with E-state index in [0.29, 0.717) is 0 Å². The molecule has 0 N–H and O–H groups in total. The predicted molar refractivity (Wildman–Crippen MR) is 47.2 cm³/mol. The molecule has 0 fully saturated rings. The standard InChI is InChI=1S/C8H15N.CH4/c1-2-6-9-7-4-3-5-8-9;/h3-4H,2,5-8H2,1H3;1H4. The molecular formula is C9H19N. The lowest BCUT2D eigenvalue weighted by Crippen LogP contribution is -2.27. The van der Waals surface area contributed by atoms with Gasteiger partial charge in [0.05, 0.1) is 0 Å². The number of rotatable bonds is 2. The van der Waals surface area contributed by atoms with Crippen molar-refractivity contribution in [2.75, 3.05) is 19.6 Å². The highest BCUT2D eigenvalue weighted by Gasteiger charge is 2.02. The first-order valence-electron chi connectivity index (χ1n) is 3.81. The van der Waals surface area contributed by atoms with E-state index >= 15 is 0 Å². The molecule has 1 aliphatic heterocycles. The van der Waals surface area contributed by atoms with E-state index in [9.17, 15) is 0 Å². The molecule has 0 bridgehead atoms. The van der Waals surface area contributed by atoms with E-state index in [2.05, 4.69) is 24.0 Å². The molecule has 0 radical (unpaired) electrons. The van der Waals surface area contributed by atoms with Crippen molar-refractivity contribution in [3.63, 3.8) is 0 Å². The topological polar surface area (TPSA) is 3.24 Å². The van der Waals surface area contributed by atoms with Crippen molar-refractivity contribution < 1.29 is 0 Å². The SMILES string of the molecule is C.CCCN1CC=CCC1. The van der Waals surface area contributed by atoms with Gasteiger partial charge in [-0.2, -0.15) is 0 Å². The van der Waals surface area contributed by atoms with Crippen LogP contribution in [0.1, 0.15) is 27.2 Å². The molecule has 10 heavy (non-hydrogen) atoms. The summed E-state index contributed by atoms with van der Waals surface area (Å²) in [6, 6.07) is 0. The van der Waals surface area contributed by atoms with Crippen LogP contribution in [0.25, 0.3) is 0 Å². The Hall–Kier alpha value is -0.300. The van der Waals surface area contributed by atoms with Crippen LogP contribution in [0.4, 0.5) is 0 Å². The van der Waals surface area contributed by atoms with Crippen LogP contribution in [-0.2, 0) is 0 Å². The van der Waals surface area contributed by atoms with Crippen LogP contribution >= 0.6 is 0 Å². The quantitative estimate of drug-likeness (QED) is 0.533. The lowest BCUT2D eigenvalue weighted by molar-refractivity contribution is 0.299. The molecule has 0 unspecified atom stereocenters. The van der Waals surface area contributed by atoms with Gasteiger partial charge in [-0.1, -0.05) is 26.5 Å². The van der Waals surface area contributed by atoms with Crippen molar-refractivity contribution in [3.05, 3.63) is 12.2 Å². The fraction of sp³-hybridized carbons (Fsp3) is 0.778. The Kier molecular flexibility index (Phi) is 5.32. The van der Waals surface area contributed by atoms with Gasteiger partial charge in [-0.15, -0.1) is 0 Å². The Morgan fingerprint density at radius 1 is 1.40 bits per heavy atom. The molecule has 0 amide bonds. The molecule has 0 saturated heterocycles. The van der Waals surface area contributed by atoms with E-state index < -0.39 is 0 Å². The largest absolute Gasteiger partial charge is 0.299 e. The fourth-order valence-corrected chi connectivity index (χ4v) is 1.21. The van der Waals surface area contributed by atoms with Gasteiger partial charge in [0.2, 0.25) is 0 Å². The summed E-state index contributed by atoms with van der Waals surface area (Å²) >= 11 is 0. The van der Waals surface area contributed by atoms with Gasteiger partial charge in [0.1, 0.15) is 0 Å². The first-order chi connectivity index (χ1) is 4.43. The van der Waals surface area contributed by atoms with Gasteiger partial charge >= 0.3 is 0 Å². The van der Waals surface area contributed by atoms with Gasteiger partial charge in [0.25, 0.3) is 0 Å². The maximum absolute atomic E-state index is 2.49. The van der Waals surface area contributed by atoms with Gasteiger partial charge in [-0.3, -0.25) is 4.90 Å². The van der Waals surface area contributed by atoms with Crippen LogP contribution in [0.2, 0.25) is 0 Å². The highest BCUT2D eigenvalue weighted by molar-refractivity contribution is 4.90. The number of hydrogen-bond acceptors (Lipinski definition) is 1. The molecule has 60 valence electrons. The van der Waals surface area contributed by atoms with Gasteiger partial charge < -0.3 is 0 Å². The predicted octanol–water partition coefficient (Wildman–Crippen LogP) is 2.29. The normalized spacial score (nSPS) is 18.5. The minimum Gasteiger partial charge on any atom is -0.299 e. The highest BCUT2D eigenvalue weighted by atomic mass is 15.1. The molecule has 1 heterocycles. The second kappa shape index (κ2) is 5.48. The van der Waals surface area contributed by atoms with Crippen LogP contribution in [0.5, 0.6) is 0 Å². The summed E-state index contributed by atoms with van der Waals surface area (Å²) in [6.07, 6.45) is 7.07. The summed E-state index contributed by atoms with van der Waals surface area (Å²) in [4.78, 5) is 2.49. The molecule has 1 heteroatoms. The zero-order valence-corrected chi connectivity index (χ0v) is 6.14. The average molecular weight is 141 g/mol. The van der Waals surface area contributed by atoms with E-state index in [1.54, 1.807) is 0 Å². The third kappa shape index (κ3) is 3.02. The van der Waals surface area contributed by atoms with Crippen molar-refractivity contribution in [3.8, 4) is 0 Å². The second-order valence-corrected chi connectivity index (χ2v) is 2.56. The molecule has 0 saturated carbocycles. The van der Waals surface area contributed by atoms with Crippen LogP contribution in [0, 0.1) is 0 Å². The van der Waals surface area contributed by atoms with Crippen molar-refractivity contribution in [1.82, 2.24) is 4.90 Å². The Bertz CT molecular complexity index is 96.9. The summed E-state index contributed by atoms with van der Waals surface area (Å²) < 4.78 is 0. The Morgan fingerprint density at radius 2 is 2.20 bits per heavy atom. The van der Waals surface area contributed by atoms with Crippen molar-refractivity contribution in [1.29, 1.82) is 0 Å². The molecule has 0 spiro atoms. The first kappa shape index (κ1) is 9.70. The van der Waals surface area contributed by atoms with Crippen molar-refractivity contribution in [2.45, 2.75) is 27.2 Å². The van der Waals surface area contributed by atoms with Crippen LogP contribution in [-0.4, -0.2) is 24.5 Å². The summed E-state index contributed by atoms with van der Waals surface area (Å²) in [5, 5.41) is 0. The second-order valence-electron chi connectivity index (χ2n) is 2.56. The van der Waals surface area contributed by atoms with Gasteiger partial charge in [-0.05, 0) is 19.4 Å². The summed E-state index contributed by atoms with van der Waals surface area (Å²) in [5.74, 6) is 0. The zero-order chi connectivity index (χ0) is 6.53. The monoisotopic (exact) mass is 141 g/mol. The van der Waals surface area contributed by atoms with Gasteiger partial charge in [-0.25, -0.2) is 0 Å². The van der Waals surface area contributed by atoms with Crippen molar-refractivity contribution >= 4 is 0 Å². The smallest absolute Gasteiger partial charge is 0.0163 e. The van der Waals surface area contributed by atoms with Gasteiger partial charge in [0, 0.05) is 13.1 Å². The molecule has 0 aromatic rings. The van der Waals surface area contributed by atoms with Gasteiger partial charge in [0.15, 0.2) is 0 Å². The molecule has 0 aromatic heterocycles. The Morgan fingerprint density at radius 3 is 2.70 bits per heavy atom. The Labute approximate surface area is 64.7 Å². The maximum atomic E-state index is 2.49. The van der Waals surface area contributed by atoms with E-state index in [1.165, 1.54) is 32.5 Å². The minimum absolute atomic E-state index is 0. The van der Waals surface area contributed by atoms with Crippen LogP contribution < -0.4 is 0 Å². The maximum Gasteiger partial charge on any atom is 0.0163 e. The zero-order valence-electron chi connectivity index (χ0n) is 6.14. The third-order valence-corrected chi connectivity index (χ3v) is 1.68. The van der Waals surface area contributed by atoms with E-state index in [0.717, 1.165) is 0 Å². The lowest BCUT2D eigenvalue weighted by atomic mass is 10.2. The third-order valence-electron chi connectivity index (χ3n) is 1.68. The van der Waals surface area contributed by atoms with Crippen LogP contribution in [0.15, 0.2) is 12.2 Å². The minimum atomic E-state index is 0. The molecule has 1 aliphatic rings. The van der Waals surface area contributed by atoms with E-state index in [4.69, 9.17) is 0 Å². The molecule has 1 nitrogen and oxygen atoms in total. The first-order valence-corrected chi connectivity index (χ1v) is 3.81. The average Bonchev–Trinajstić information content (AvgIpc) is 1.91. The summed E-state index contributed by atoms with van der Waals surface area (Å²) in [5.41, 5.74) is 0. The summed E-state index contributed by atoms with van der Waals surface area (Å²) in [6.45, 7) is 5.95. The number of nitrogens with zero attached hydrogens (tertiary/aromatic N) is 1. The van der Waals surface area contributed by atoms with Crippen LogP contribution in [0.3, 0.4) is 0 Å². The number of hydrogen-bond donors (Lipinski definition) is 0. The molecule has 0 atom stereocenters. The Balaban J connectivity index is 0.000000810. The molecule has 0 aromatic carbocycles. The molecular weight excluding hydrogens is 122 g/mol. The van der Waals surface area contributed by atoms with E-state index in [-0.39, 0.29) is 7.43 Å². The molecule has 1 rings (SSSR count). The lowest BCUT2D eigenvalue weighted by Gasteiger charge is -2.21. The van der Waals surface area contributed by atoms with Crippen molar-refractivity contribution in [2.24, 2.45) is 0 Å². The molecule has 0 aliphatic carbocycles. The summed E-state index contributed by atoms with van der Waals surface area (Å²) in [7, 11) is 0.